The summed E-state index contributed by atoms with van der Waals surface area (Å²) < 4.78 is 7.57. The van der Waals surface area contributed by atoms with E-state index in [0.717, 1.165) is 42.7 Å². The molecule has 20 heavy (non-hydrogen) atoms. The topological polar surface area (TPSA) is 44.1 Å². The van der Waals surface area contributed by atoms with Crippen molar-refractivity contribution < 1.29 is 9.53 Å². The van der Waals surface area contributed by atoms with Crippen molar-refractivity contribution >= 4 is 16.8 Å². The Balaban J connectivity index is 1.63. The lowest BCUT2D eigenvalue weighted by Crippen LogP contribution is -2.12. The van der Waals surface area contributed by atoms with Crippen LogP contribution in [-0.4, -0.2) is 28.0 Å². The Hall–Kier alpha value is -1.68. The summed E-state index contributed by atoms with van der Waals surface area (Å²) in [7, 11) is 1.97. The van der Waals surface area contributed by atoms with Crippen LogP contribution in [0.1, 0.15) is 31.5 Å². The first-order chi connectivity index (χ1) is 9.74. The normalized spacial score (nSPS) is 18.8. The number of fused-ring (bicyclic) bond motifs is 1. The van der Waals surface area contributed by atoms with Crippen molar-refractivity contribution in [3.05, 3.63) is 30.1 Å². The largest absolute Gasteiger partial charge is 0.378 e. The molecule has 0 saturated carbocycles. The van der Waals surface area contributed by atoms with Gasteiger partial charge in [0.05, 0.1) is 23.6 Å². The van der Waals surface area contributed by atoms with Gasteiger partial charge in [-0.2, -0.15) is 0 Å². The lowest BCUT2D eigenvalue weighted by Gasteiger charge is -2.08. The summed E-state index contributed by atoms with van der Waals surface area (Å²) in [5.74, 6) is 1.10. The molecule has 0 spiro atoms. The fourth-order valence-corrected chi connectivity index (χ4v) is 2.81. The molecule has 0 bridgehead atoms. The summed E-state index contributed by atoms with van der Waals surface area (Å²) >= 11 is 0. The second kappa shape index (κ2) is 5.75. The molecule has 1 unspecified atom stereocenters. The zero-order chi connectivity index (χ0) is 13.9. The van der Waals surface area contributed by atoms with Crippen LogP contribution >= 0.6 is 0 Å². The molecule has 1 aliphatic rings. The van der Waals surface area contributed by atoms with Gasteiger partial charge < -0.3 is 9.30 Å². The van der Waals surface area contributed by atoms with Gasteiger partial charge in [0.25, 0.3) is 0 Å². The number of hydrogen-bond acceptors (Lipinski definition) is 3. The number of nitrogens with zero attached hydrogens (tertiary/aromatic N) is 2. The number of carbonyl (C=O) groups excluding carboxylic acids is 1. The van der Waals surface area contributed by atoms with Gasteiger partial charge in [-0.3, -0.25) is 4.79 Å². The Morgan fingerprint density at radius 1 is 1.45 bits per heavy atom. The van der Waals surface area contributed by atoms with E-state index in [0.29, 0.717) is 18.9 Å². The number of aryl methyl sites for hydroxylation is 1. The molecular weight excluding hydrogens is 252 g/mol. The average molecular weight is 272 g/mol. The second-order valence-electron chi connectivity index (χ2n) is 5.46. The van der Waals surface area contributed by atoms with Gasteiger partial charge in [-0.05, 0) is 31.4 Å². The number of carbonyl (C=O) groups is 1. The SMILES string of the molecule is Cn1c(CC(=O)CCC2CCCO2)nc2ccccc21. The highest BCUT2D eigenvalue weighted by Gasteiger charge is 2.18. The van der Waals surface area contributed by atoms with Crippen molar-refractivity contribution in [2.24, 2.45) is 7.05 Å². The van der Waals surface area contributed by atoms with Crippen LogP contribution in [0.5, 0.6) is 0 Å². The van der Waals surface area contributed by atoms with Crippen LogP contribution in [-0.2, 0) is 23.0 Å². The third-order valence-corrected chi connectivity index (χ3v) is 4.00. The van der Waals surface area contributed by atoms with Gasteiger partial charge in [0.15, 0.2) is 0 Å². The van der Waals surface area contributed by atoms with Crippen LogP contribution in [0, 0.1) is 0 Å². The molecule has 0 aliphatic carbocycles. The molecule has 0 radical (unpaired) electrons. The number of imidazole rings is 1. The molecule has 1 aromatic carbocycles. The van der Waals surface area contributed by atoms with E-state index >= 15 is 0 Å². The van der Waals surface area contributed by atoms with Gasteiger partial charge in [0, 0.05) is 20.1 Å². The molecule has 4 nitrogen and oxygen atoms in total. The van der Waals surface area contributed by atoms with E-state index in [1.165, 1.54) is 0 Å². The van der Waals surface area contributed by atoms with Crippen molar-refractivity contribution in [3.8, 4) is 0 Å². The quantitative estimate of drug-likeness (QED) is 0.840. The van der Waals surface area contributed by atoms with Crippen LogP contribution in [0.3, 0.4) is 0 Å². The highest BCUT2D eigenvalue weighted by Crippen LogP contribution is 2.18. The molecule has 4 heteroatoms. The Kier molecular flexibility index (Phi) is 3.83. The van der Waals surface area contributed by atoms with E-state index in [-0.39, 0.29) is 5.78 Å². The van der Waals surface area contributed by atoms with Gasteiger partial charge in [0.2, 0.25) is 0 Å². The third-order valence-electron chi connectivity index (χ3n) is 4.00. The summed E-state index contributed by atoms with van der Waals surface area (Å²) in [6.07, 6.45) is 4.37. The standard InChI is InChI=1S/C16H20N2O2/c1-18-15-7-3-2-6-14(15)17-16(18)11-12(19)8-9-13-5-4-10-20-13/h2-3,6-7,13H,4-5,8-11H2,1H3. The summed E-state index contributed by atoms with van der Waals surface area (Å²) in [5, 5.41) is 0. The molecule has 1 atom stereocenters. The van der Waals surface area contributed by atoms with Crippen molar-refractivity contribution in [2.75, 3.05) is 6.61 Å². The van der Waals surface area contributed by atoms with Crippen LogP contribution in [0.2, 0.25) is 0 Å². The fourth-order valence-electron chi connectivity index (χ4n) is 2.81. The summed E-state index contributed by atoms with van der Waals surface area (Å²) in [6, 6.07) is 7.98. The number of rotatable bonds is 5. The van der Waals surface area contributed by atoms with Crippen LogP contribution < -0.4 is 0 Å². The zero-order valence-electron chi connectivity index (χ0n) is 11.8. The van der Waals surface area contributed by atoms with E-state index in [2.05, 4.69) is 4.98 Å². The number of aromatic nitrogens is 2. The van der Waals surface area contributed by atoms with Gasteiger partial charge in [-0.25, -0.2) is 4.98 Å². The number of ether oxygens (including phenoxy) is 1. The Labute approximate surface area is 118 Å². The van der Waals surface area contributed by atoms with Crippen molar-refractivity contribution in [1.29, 1.82) is 0 Å². The monoisotopic (exact) mass is 272 g/mol. The maximum Gasteiger partial charge on any atom is 0.140 e. The summed E-state index contributed by atoms with van der Waals surface area (Å²) in [5.41, 5.74) is 2.03. The number of para-hydroxylation sites is 2. The fraction of sp³-hybridized carbons (Fsp3) is 0.500. The second-order valence-corrected chi connectivity index (χ2v) is 5.46. The first-order valence-corrected chi connectivity index (χ1v) is 7.27. The van der Waals surface area contributed by atoms with Crippen molar-refractivity contribution in [1.82, 2.24) is 9.55 Å². The lowest BCUT2D eigenvalue weighted by atomic mass is 10.1. The average Bonchev–Trinajstić information content (AvgIpc) is 3.07. The van der Waals surface area contributed by atoms with Gasteiger partial charge >= 0.3 is 0 Å². The van der Waals surface area contributed by atoms with Gasteiger partial charge in [0.1, 0.15) is 11.6 Å². The van der Waals surface area contributed by atoms with E-state index in [1.807, 2.05) is 35.9 Å². The minimum absolute atomic E-state index is 0.249. The Morgan fingerprint density at radius 2 is 2.30 bits per heavy atom. The molecule has 0 N–H and O–H groups in total. The van der Waals surface area contributed by atoms with Crippen LogP contribution in [0.15, 0.2) is 24.3 Å². The first kappa shape index (κ1) is 13.3. The van der Waals surface area contributed by atoms with Gasteiger partial charge in [-0.15, -0.1) is 0 Å². The maximum atomic E-state index is 12.1. The molecule has 1 aromatic heterocycles. The molecule has 0 amide bonds. The predicted molar refractivity (Wildman–Crippen MR) is 77.6 cm³/mol. The van der Waals surface area contributed by atoms with Crippen molar-refractivity contribution in [2.45, 2.75) is 38.2 Å². The predicted octanol–water partition coefficient (Wildman–Crippen LogP) is 2.64. The molecule has 3 rings (SSSR count). The molecule has 1 saturated heterocycles. The zero-order valence-corrected chi connectivity index (χ0v) is 11.8. The highest BCUT2D eigenvalue weighted by atomic mass is 16.5. The first-order valence-electron chi connectivity index (χ1n) is 7.27. The molecule has 2 heterocycles. The summed E-state index contributed by atoms with van der Waals surface area (Å²) in [4.78, 5) is 16.6. The lowest BCUT2D eigenvalue weighted by molar-refractivity contribution is -0.119. The molecule has 2 aromatic rings. The highest BCUT2D eigenvalue weighted by molar-refractivity contribution is 5.82. The van der Waals surface area contributed by atoms with E-state index in [4.69, 9.17) is 4.74 Å². The number of Topliss-reactive ketones (excluding diaryl/α,β-unsaturated/α-hetero) is 1. The molecular formula is C16H20N2O2. The summed E-state index contributed by atoms with van der Waals surface area (Å²) in [6.45, 7) is 0.851. The molecule has 106 valence electrons. The minimum atomic E-state index is 0.249. The van der Waals surface area contributed by atoms with Crippen LogP contribution in [0.4, 0.5) is 0 Å². The van der Waals surface area contributed by atoms with Crippen molar-refractivity contribution in [3.63, 3.8) is 0 Å². The van der Waals surface area contributed by atoms with E-state index < -0.39 is 0 Å². The minimum Gasteiger partial charge on any atom is -0.378 e. The van der Waals surface area contributed by atoms with Crippen LogP contribution in [0.25, 0.3) is 11.0 Å². The van der Waals surface area contributed by atoms with Gasteiger partial charge in [-0.1, -0.05) is 12.1 Å². The third kappa shape index (κ3) is 2.75. The Morgan fingerprint density at radius 3 is 3.05 bits per heavy atom. The smallest absolute Gasteiger partial charge is 0.140 e. The van der Waals surface area contributed by atoms with E-state index in [1.54, 1.807) is 0 Å². The maximum absolute atomic E-state index is 12.1. The molecule has 1 fully saturated rings. The van der Waals surface area contributed by atoms with E-state index in [9.17, 15) is 4.79 Å². The number of hydrogen-bond donors (Lipinski definition) is 0. The molecule has 1 aliphatic heterocycles. The number of ketones is 1. The Bertz CT molecular complexity index is 612. The number of benzene rings is 1.